The Labute approximate surface area is 157 Å². The Hall–Kier alpha value is -2.34. The zero-order chi connectivity index (χ0) is 17.4. The average molecular weight is 388 g/mol. The van der Waals surface area contributed by atoms with E-state index in [9.17, 15) is 4.79 Å². The summed E-state index contributed by atoms with van der Waals surface area (Å²) in [6.07, 6.45) is 1.92. The molecule has 2 aromatic carbocycles. The van der Waals surface area contributed by atoms with E-state index in [0.29, 0.717) is 15.7 Å². The third kappa shape index (κ3) is 3.02. The number of anilines is 1. The molecule has 0 fully saturated rings. The van der Waals surface area contributed by atoms with Crippen LogP contribution in [0.2, 0.25) is 10.0 Å². The molecule has 0 unspecified atom stereocenters. The summed E-state index contributed by atoms with van der Waals surface area (Å²) < 4.78 is 0. The first kappa shape index (κ1) is 16.1. The Balaban J connectivity index is 1.61. The first-order chi connectivity index (χ1) is 12.1. The fraction of sp³-hybridized carbons (Fsp3) is 0. The first-order valence-corrected chi connectivity index (χ1v) is 9.04. The molecule has 0 atom stereocenters. The maximum Gasteiger partial charge on any atom is 0.259 e. The second-order valence-corrected chi connectivity index (χ2v) is 6.98. The van der Waals surface area contributed by atoms with Crippen LogP contribution in [0.15, 0.2) is 54.0 Å². The highest BCUT2D eigenvalue weighted by atomic mass is 35.5. The Morgan fingerprint density at radius 3 is 2.84 bits per heavy atom. The number of aromatic nitrogens is 2. The third-order valence-electron chi connectivity index (χ3n) is 3.79. The zero-order valence-electron chi connectivity index (χ0n) is 12.7. The lowest BCUT2D eigenvalue weighted by Gasteiger charge is -2.05. The van der Waals surface area contributed by atoms with Gasteiger partial charge in [-0.15, -0.1) is 11.3 Å². The molecule has 2 N–H and O–H groups in total. The molecule has 0 aliphatic heterocycles. The van der Waals surface area contributed by atoms with E-state index in [1.54, 1.807) is 18.2 Å². The molecule has 0 aliphatic carbocycles. The van der Waals surface area contributed by atoms with Gasteiger partial charge in [0.15, 0.2) is 5.13 Å². The summed E-state index contributed by atoms with van der Waals surface area (Å²) >= 11 is 13.4. The van der Waals surface area contributed by atoms with Crippen LogP contribution in [0.25, 0.3) is 22.2 Å². The normalized spacial score (nSPS) is 11.0. The molecule has 0 spiro atoms. The summed E-state index contributed by atoms with van der Waals surface area (Å²) in [5.41, 5.74) is 3.16. The van der Waals surface area contributed by atoms with E-state index in [-0.39, 0.29) is 10.9 Å². The molecule has 0 saturated carbocycles. The minimum atomic E-state index is -0.340. The van der Waals surface area contributed by atoms with Gasteiger partial charge < -0.3 is 4.98 Å². The number of fused-ring (bicyclic) bond motifs is 1. The Morgan fingerprint density at radius 2 is 1.96 bits per heavy atom. The second-order valence-electron chi connectivity index (χ2n) is 5.34. The lowest BCUT2D eigenvalue weighted by atomic mass is 10.1. The molecule has 0 saturated heterocycles. The standard InChI is InChI=1S/C18H11Cl2N3OS/c19-13-6-3-5-11(16(13)20)17(24)23-18-22-15(9-25-18)12-8-21-14-7-2-1-4-10(12)14/h1-9,21H,(H,22,23,24). The maximum absolute atomic E-state index is 12.4. The van der Waals surface area contributed by atoms with Crippen LogP contribution in [0, 0.1) is 0 Å². The van der Waals surface area contributed by atoms with Crippen molar-refractivity contribution in [1.29, 1.82) is 0 Å². The molecule has 1 amide bonds. The quantitative estimate of drug-likeness (QED) is 0.463. The van der Waals surface area contributed by atoms with Crippen molar-refractivity contribution in [3.8, 4) is 11.3 Å². The van der Waals surface area contributed by atoms with E-state index < -0.39 is 0 Å². The van der Waals surface area contributed by atoms with Gasteiger partial charge in [0.25, 0.3) is 5.91 Å². The van der Waals surface area contributed by atoms with Crippen molar-refractivity contribution in [1.82, 2.24) is 9.97 Å². The highest BCUT2D eigenvalue weighted by Crippen LogP contribution is 2.31. The molecule has 2 heterocycles. The van der Waals surface area contributed by atoms with E-state index in [1.165, 1.54) is 11.3 Å². The first-order valence-electron chi connectivity index (χ1n) is 7.41. The van der Waals surface area contributed by atoms with Gasteiger partial charge in [0, 0.05) is 28.0 Å². The lowest BCUT2D eigenvalue weighted by molar-refractivity contribution is 0.102. The number of thiazole rings is 1. The van der Waals surface area contributed by atoms with E-state index in [1.807, 2.05) is 35.8 Å². The predicted molar refractivity (Wildman–Crippen MR) is 104 cm³/mol. The van der Waals surface area contributed by atoms with Gasteiger partial charge in [-0.1, -0.05) is 47.5 Å². The molecule has 25 heavy (non-hydrogen) atoms. The monoisotopic (exact) mass is 387 g/mol. The fourth-order valence-electron chi connectivity index (χ4n) is 2.58. The number of H-pyrrole nitrogens is 1. The Kier molecular flexibility index (Phi) is 4.21. The number of nitrogens with one attached hydrogen (secondary N) is 2. The molecule has 4 nitrogen and oxygen atoms in total. The summed E-state index contributed by atoms with van der Waals surface area (Å²) in [4.78, 5) is 20.1. The van der Waals surface area contributed by atoms with Crippen LogP contribution in [0.1, 0.15) is 10.4 Å². The number of nitrogens with zero attached hydrogens (tertiary/aromatic N) is 1. The highest BCUT2D eigenvalue weighted by Gasteiger charge is 2.15. The lowest BCUT2D eigenvalue weighted by Crippen LogP contribution is -2.12. The molecule has 124 valence electrons. The van der Waals surface area contributed by atoms with Gasteiger partial charge in [-0.2, -0.15) is 0 Å². The topological polar surface area (TPSA) is 57.8 Å². The van der Waals surface area contributed by atoms with Crippen LogP contribution in [0.3, 0.4) is 0 Å². The largest absolute Gasteiger partial charge is 0.360 e. The van der Waals surface area contributed by atoms with Crippen molar-refractivity contribution in [3.63, 3.8) is 0 Å². The van der Waals surface area contributed by atoms with Gasteiger partial charge in [0.2, 0.25) is 0 Å². The number of rotatable bonds is 3. The summed E-state index contributed by atoms with van der Waals surface area (Å²) in [5, 5.41) is 6.84. The average Bonchev–Trinajstić information content (AvgIpc) is 3.23. The maximum atomic E-state index is 12.4. The van der Waals surface area contributed by atoms with Gasteiger partial charge in [0.1, 0.15) is 0 Å². The van der Waals surface area contributed by atoms with Crippen molar-refractivity contribution in [2.24, 2.45) is 0 Å². The van der Waals surface area contributed by atoms with E-state index in [2.05, 4.69) is 15.3 Å². The van der Waals surface area contributed by atoms with Gasteiger partial charge >= 0.3 is 0 Å². The molecule has 0 bridgehead atoms. The number of carbonyl (C=O) groups is 1. The van der Waals surface area contributed by atoms with Crippen molar-refractivity contribution in [2.45, 2.75) is 0 Å². The van der Waals surface area contributed by atoms with Gasteiger partial charge in [-0.3, -0.25) is 10.1 Å². The van der Waals surface area contributed by atoms with Crippen molar-refractivity contribution in [3.05, 3.63) is 69.7 Å². The molecule has 7 heteroatoms. The SMILES string of the molecule is O=C(Nc1nc(-c2c[nH]c3ccccc23)cs1)c1cccc(Cl)c1Cl. The van der Waals surface area contributed by atoms with Crippen LogP contribution >= 0.6 is 34.5 Å². The molecule has 4 rings (SSSR count). The number of halogens is 2. The number of amides is 1. The molecular weight excluding hydrogens is 377 g/mol. The third-order valence-corrected chi connectivity index (χ3v) is 5.36. The van der Waals surface area contributed by atoms with Crippen molar-refractivity contribution in [2.75, 3.05) is 5.32 Å². The van der Waals surface area contributed by atoms with Crippen LogP contribution in [0.4, 0.5) is 5.13 Å². The van der Waals surface area contributed by atoms with Crippen LogP contribution in [0.5, 0.6) is 0 Å². The van der Waals surface area contributed by atoms with Gasteiger partial charge in [-0.05, 0) is 18.2 Å². The molecule has 4 aromatic rings. The van der Waals surface area contributed by atoms with E-state index in [4.69, 9.17) is 23.2 Å². The number of para-hydroxylation sites is 1. The predicted octanol–water partition coefficient (Wildman–Crippen LogP) is 5.85. The number of benzene rings is 2. The minimum Gasteiger partial charge on any atom is -0.360 e. The molecule has 2 aromatic heterocycles. The number of hydrogen-bond acceptors (Lipinski definition) is 3. The summed E-state index contributed by atoms with van der Waals surface area (Å²) in [7, 11) is 0. The number of carbonyl (C=O) groups excluding carboxylic acids is 1. The van der Waals surface area contributed by atoms with Gasteiger partial charge in [0.05, 0.1) is 21.3 Å². The fourth-order valence-corrected chi connectivity index (χ4v) is 3.67. The second kappa shape index (κ2) is 6.52. The van der Waals surface area contributed by atoms with Crippen molar-refractivity contribution < 1.29 is 4.79 Å². The van der Waals surface area contributed by atoms with E-state index >= 15 is 0 Å². The Morgan fingerprint density at radius 1 is 1.12 bits per heavy atom. The van der Waals surface area contributed by atoms with Gasteiger partial charge in [-0.25, -0.2) is 4.98 Å². The molecule has 0 radical (unpaired) electrons. The summed E-state index contributed by atoms with van der Waals surface area (Å²) in [6, 6.07) is 12.9. The highest BCUT2D eigenvalue weighted by molar-refractivity contribution is 7.14. The molecular formula is C18H11Cl2N3OS. The van der Waals surface area contributed by atoms with E-state index in [0.717, 1.165) is 22.2 Å². The zero-order valence-corrected chi connectivity index (χ0v) is 15.0. The number of aromatic amines is 1. The summed E-state index contributed by atoms with van der Waals surface area (Å²) in [6.45, 7) is 0. The van der Waals surface area contributed by atoms with Crippen molar-refractivity contribution >= 4 is 56.5 Å². The van der Waals surface area contributed by atoms with Crippen LogP contribution in [-0.2, 0) is 0 Å². The van der Waals surface area contributed by atoms with Crippen LogP contribution in [-0.4, -0.2) is 15.9 Å². The van der Waals surface area contributed by atoms with Crippen LogP contribution < -0.4 is 5.32 Å². The smallest absolute Gasteiger partial charge is 0.259 e. The number of hydrogen-bond donors (Lipinski definition) is 2. The Bertz CT molecular complexity index is 1090. The molecule has 0 aliphatic rings. The summed E-state index contributed by atoms with van der Waals surface area (Å²) in [5.74, 6) is -0.340. The minimum absolute atomic E-state index is 0.232.